The Morgan fingerprint density at radius 2 is 1.72 bits per heavy atom. The van der Waals surface area contributed by atoms with Crippen molar-refractivity contribution >= 4 is 17.8 Å². The Balaban J connectivity index is 1.62. The molecule has 0 saturated carbocycles. The fraction of sp³-hybridized carbons (Fsp3) is 0.400. The molecule has 170 valence electrons. The van der Waals surface area contributed by atoms with Crippen LogP contribution in [0, 0.1) is 0 Å². The quantitative estimate of drug-likeness (QED) is 0.590. The van der Waals surface area contributed by atoms with E-state index < -0.39 is 23.4 Å². The minimum atomic E-state index is -1.06. The Morgan fingerprint density at radius 3 is 2.31 bits per heavy atom. The molecular formula is C25H32N4O3. The second kappa shape index (κ2) is 9.96. The van der Waals surface area contributed by atoms with Crippen LogP contribution >= 0.6 is 0 Å². The Labute approximate surface area is 189 Å². The van der Waals surface area contributed by atoms with E-state index in [0.29, 0.717) is 24.4 Å². The maximum Gasteiger partial charge on any atom is 0.344 e. The normalized spacial score (nSPS) is 18.4. The SMILES string of the molecule is CCN(Cc1ccc(C(=O)NN2C(=O)NC(C)(CCc3ccccc3)C2=O)cc1)C(C)C. The lowest BCUT2D eigenvalue weighted by Gasteiger charge is -2.24. The summed E-state index contributed by atoms with van der Waals surface area (Å²) in [4.78, 5) is 40.3. The molecule has 1 saturated heterocycles. The highest BCUT2D eigenvalue weighted by Gasteiger charge is 2.48. The van der Waals surface area contributed by atoms with E-state index in [1.54, 1.807) is 19.1 Å². The van der Waals surface area contributed by atoms with Gasteiger partial charge in [0.2, 0.25) is 0 Å². The molecule has 7 heteroatoms. The number of rotatable bonds is 9. The number of hydrogen-bond acceptors (Lipinski definition) is 4. The predicted octanol–water partition coefficient (Wildman–Crippen LogP) is 3.51. The molecule has 0 spiro atoms. The van der Waals surface area contributed by atoms with Crippen molar-refractivity contribution in [2.75, 3.05) is 6.54 Å². The summed E-state index contributed by atoms with van der Waals surface area (Å²) in [6.07, 6.45) is 1.07. The molecule has 1 aliphatic rings. The van der Waals surface area contributed by atoms with Crippen LogP contribution in [-0.4, -0.2) is 45.9 Å². The third kappa shape index (κ3) is 5.34. The maximum absolute atomic E-state index is 12.9. The lowest BCUT2D eigenvalue weighted by Crippen LogP contribution is -2.48. The van der Waals surface area contributed by atoms with E-state index in [-0.39, 0.29) is 0 Å². The standard InChI is InChI=1S/C25H32N4O3/c1-5-28(18(2)3)17-20-11-13-21(14-12-20)22(30)27-29-23(31)25(4,26-24(29)32)16-15-19-9-7-6-8-10-19/h6-14,18H,5,15-17H2,1-4H3,(H,26,32)(H,27,30). The summed E-state index contributed by atoms with van der Waals surface area (Å²) in [5.74, 6) is -0.956. The molecule has 1 atom stereocenters. The molecule has 7 nitrogen and oxygen atoms in total. The summed E-state index contributed by atoms with van der Waals surface area (Å²) >= 11 is 0. The van der Waals surface area contributed by atoms with Crippen molar-refractivity contribution in [1.82, 2.24) is 20.7 Å². The van der Waals surface area contributed by atoms with Gasteiger partial charge in [-0.05, 0) is 63.4 Å². The lowest BCUT2D eigenvalue weighted by atomic mass is 9.93. The number of nitrogens with zero attached hydrogens (tertiary/aromatic N) is 2. The van der Waals surface area contributed by atoms with E-state index in [0.717, 1.165) is 29.2 Å². The van der Waals surface area contributed by atoms with Gasteiger partial charge < -0.3 is 5.32 Å². The summed E-state index contributed by atoms with van der Waals surface area (Å²) in [5, 5.41) is 3.51. The van der Waals surface area contributed by atoms with Gasteiger partial charge in [0.25, 0.3) is 11.8 Å². The molecule has 1 aliphatic heterocycles. The van der Waals surface area contributed by atoms with Gasteiger partial charge in [-0.1, -0.05) is 49.4 Å². The third-order valence-electron chi connectivity index (χ3n) is 5.97. The van der Waals surface area contributed by atoms with Crippen LogP contribution < -0.4 is 10.7 Å². The van der Waals surface area contributed by atoms with Crippen LogP contribution in [0.5, 0.6) is 0 Å². The van der Waals surface area contributed by atoms with E-state index in [4.69, 9.17) is 0 Å². The van der Waals surface area contributed by atoms with Crippen LogP contribution in [0.4, 0.5) is 4.79 Å². The third-order valence-corrected chi connectivity index (χ3v) is 5.97. The molecular weight excluding hydrogens is 404 g/mol. The molecule has 0 aliphatic carbocycles. The van der Waals surface area contributed by atoms with Crippen molar-refractivity contribution in [2.24, 2.45) is 0 Å². The van der Waals surface area contributed by atoms with Gasteiger partial charge in [-0.2, -0.15) is 5.01 Å². The average molecular weight is 437 g/mol. The minimum absolute atomic E-state index is 0.389. The first-order chi connectivity index (χ1) is 15.2. The Kier molecular flexibility index (Phi) is 7.30. The summed E-state index contributed by atoms with van der Waals surface area (Å²) in [5.41, 5.74) is 3.96. The zero-order valence-corrected chi connectivity index (χ0v) is 19.2. The first-order valence-corrected chi connectivity index (χ1v) is 11.1. The van der Waals surface area contributed by atoms with Crippen LogP contribution in [-0.2, 0) is 17.8 Å². The fourth-order valence-corrected chi connectivity index (χ4v) is 3.82. The topological polar surface area (TPSA) is 81.8 Å². The molecule has 0 bridgehead atoms. The summed E-state index contributed by atoms with van der Waals surface area (Å²) < 4.78 is 0. The van der Waals surface area contributed by atoms with Gasteiger partial charge in [0, 0.05) is 18.2 Å². The number of imide groups is 1. The van der Waals surface area contributed by atoms with E-state index in [1.807, 2.05) is 42.5 Å². The van der Waals surface area contributed by atoms with E-state index in [2.05, 4.69) is 36.4 Å². The van der Waals surface area contributed by atoms with Crippen LogP contribution in [0.3, 0.4) is 0 Å². The highest BCUT2D eigenvalue weighted by molar-refractivity contribution is 6.09. The first-order valence-electron chi connectivity index (χ1n) is 11.1. The molecule has 32 heavy (non-hydrogen) atoms. The molecule has 2 N–H and O–H groups in total. The average Bonchev–Trinajstić information content (AvgIpc) is 3.00. The maximum atomic E-state index is 12.9. The van der Waals surface area contributed by atoms with Gasteiger partial charge in [0.15, 0.2) is 0 Å². The fourth-order valence-electron chi connectivity index (χ4n) is 3.82. The second-order valence-electron chi connectivity index (χ2n) is 8.68. The van der Waals surface area contributed by atoms with Gasteiger partial charge in [0.05, 0.1) is 0 Å². The molecule has 1 unspecified atom stereocenters. The van der Waals surface area contributed by atoms with Gasteiger partial charge in [-0.3, -0.25) is 19.9 Å². The Hall–Kier alpha value is -3.19. The number of hydrogen-bond donors (Lipinski definition) is 2. The molecule has 0 radical (unpaired) electrons. The van der Waals surface area contributed by atoms with Gasteiger partial charge >= 0.3 is 6.03 Å². The molecule has 0 aromatic heterocycles. The minimum Gasteiger partial charge on any atom is -0.322 e. The number of benzene rings is 2. The molecule has 2 aromatic carbocycles. The number of hydrazine groups is 1. The van der Waals surface area contributed by atoms with Crippen LogP contribution in [0.25, 0.3) is 0 Å². The van der Waals surface area contributed by atoms with Crippen molar-refractivity contribution in [1.29, 1.82) is 0 Å². The molecule has 4 amide bonds. The van der Waals surface area contributed by atoms with Crippen LogP contribution in [0.15, 0.2) is 54.6 Å². The summed E-state index contributed by atoms with van der Waals surface area (Å²) in [6.45, 7) is 9.84. The highest BCUT2D eigenvalue weighted by atomic mass is 16.2. The van der Waals surface area contributed by atoms with Crippen molar-refractivity contribution in [3.63, 3.8) is 0 Å². The summed E-state index contributed by atoms with van der Waals surface area (Å²) in [7, 11) is 0. The first kappa shape index (κ1) is 23.5. The van der Waals surface area contributed by atoms with E-state index >= 15 is 0 Å². The van der Waals surface area contributed by atoms with Gasteiger partial charge in [0.1, 0.15) is 5.54 Å². The number of carbonyl (C=O) groups excluding carboxylic acids is 3. The number of nitrogens with one attached hydrogen (secondary N) is 2. The number of aryl methyl sites for hydroxylation is 1. The highest BCUT2D eigenvalue weighted by Crippen LogP contribution is 2.22. The second-order valence-corrected chi connectivity index (χ2v) is 8.68. The van der Waals surface area contributed by atoms with Crippen molar-refractivity contribution in [3.05, 3.63) is 71.3 Å². The van der Waals surface area contributed by atoms with E-state index in [9.17, 15) is 14.4 Å². The van der Waals surface area contributed by atoms with Crippen molar-refractivity contribution < 1.29 is 14.4 Å². The smallest absolute Gasteiger partial charge is 0.322 e. The number of urea groups is 1. The van der Waals surface area contributed by atoms with Crippen LogP contribution in [0.1, 0.15) is 55.6 Å². The van der Waals surface area contributed by atoms with E-state index in [1.165, 1.54) is 0 Å². The summed E-state index contributed by atoms with van der Waals surface area (Å²) in [6, 6.07) is 16.8. The van der Waals surface area contributed by atoms with Crippen LogP contribution in [0.2, 0.25) is 0 Å². The predicted molar refractivity (Wildman–Crippen MR) is 124 cm³/mol. The molecule has 1 fully saturated rings. The number of carbonyl (C=O) groups is 3. The Morgan fingerprint density at radius 1 is 1.06 bits per heavy atom. The molecule has 1 heterocycles. The monoisotopic (exact) mass is 436 g/mol. The van der Waals surface area contributed by atoms with Gasteiger partial charge in [-0.25, -0.2) is 4.79 Å². The Bertz CT molecular complexity index is 959. The number of amides is 4. The molecule has 2 aromatic rings. The zero-order chi connectivity index (χ0) is 23.3. The lowest BCUT2D eigenvalue weighted by molar-refractivity contribution is -0.132. The largest absolute Gasteiger partial charge is 0.344 e. The molecule has 3 rings (SSSR count). The van der Waals surface area contributed by atoms with Gasteiger partial charge in [-0.15, -0.1) is 0 Å². The van der Waals surface area contributed by atoms with Crippen molar-refractivity contribution in [3.8, 4) is 0 Å². The van der Waals surface area contributed by atoms with Crippen molar-refractivity contribution in [2.45, 2.75) is 58.7 Å². The zero-order valence-electron chi connectivity index (χ0n) is 19.2.